The Hall–Kier alpha value is -3.58. The van der Waals surface area contributed by atoms with Crippen molar-refractivity contribution in [1.29, 1.82) is 0 Å². The molecule has 4 aromatic carbocycles. The standard InChI is InChI=1S/C32H33N/c1-5-32(33-29-18-11-23(2)12-19-29)28-16-14-26(15-17-28)22-31(27-9-7-6-8-10-27)30-20-13-24(3)21-25(30)4/h6-22,32-33H,5H2,1-4H3. The summed E-state index contributed by atoms with van der Waals surface area (Å²) in [4.78, 5) is 0. The number of rotatable bonds is 7. The van der Waals surface area contributed by atoms with Crippen LogP contribution < -0.4 is 5.32 Å². The normalized spacial score (nSPS) is 12.4. The third-order valence-electron chi connectivity index (χ3n) is 6.21. The van der Waals surface area contributed by atoms with Gasteiger partial charge in [0.05, 0.1) is 6.04 Å². The maximum absolute atomic E-state index is 3.68. The Morgan fingerprint density at radius 3 is 2.06 bits per heavy atom. The SMILES string of the molecule is CCC(Nc1ccc(C)cc1)c1ccc(C=C(c2ccccc2)c2ccc(C)cc2C)cc1. The maximum Gasteiger partial charge on any atom is 0.0511 e. The summed E-state index contributed by atoms with van der Waals surface area (Å²) >= 11 is 0. The maximum atomic E-state index is 3.68. The van der Waals surface area contributed by atoms with Gasteiger partial charge in [0.1, 0.15) is 0 Å². The Kier molecular flexibility index (Phi) is 7.10. The third kappa shape index (κ3) is 5.62. The minimum atomic E-state index is 0.290. The quantitative estimate of drug-likeness (QED) is 0.288. The summed E-state index contributed by atoms with van der Waals surface area (Å²) in [6.45, 7) is 8.70. The van der Waals surface area contributed by atoms with Crippen LogP contribution >= 0.6 is 0 Å². The van der Waals surface area contributed by atoms with E-state index in [1.807, 2.05) is 0 Å². The molecule has 1 nitrogen and oxygen atoms in total. The number of hydrogen-bond acceptors (Lipinski definition) is 1. The molecule has 0 fully saturated rings. The predicted molar refractivity (Wildman–Crippen MR) is 144 cm³/mol. The van der Waals surface area contributed by atoms with Crippen molar-refractivity contribution in [2.45, 2.75) is 40.2 Å². The molecular weight excluding hydrogens is 398 g/mol. The van der Waals surface area contributed by atoms with E-state index in [-0.39, 0.29) is 0 Å². The van der Waals surface area contributed by atoms with E-state index >= 15 is 0 Å². The van der Waals surface area contributed by atoms with Gasteiger partial charge < -0.3 is 5.32 Å². The summed E-state index contributed by atoms with van der Waals surface area (Å²) in [6.07, 6.45) is 3.34. The number of hydrogen-bond donors (Lipinski definition) is 1. The lowest BCUT2D eigenvalue weighted by Gasteiger charge is -2.19. The molecule has 0 radical (unpaired) electrons. The zero-order valence-electron chi connectivity index (χ0n) is 20.1. The van der Waals surface area contributed by atoms with Crippen molar-refractivity contribution in [3.05, 3.63) is 136 Å². The van der Waals surface area contributed by atoms with Crippen LogP contribution in [0.5, 0.6) is 0 Å². The topological polar surface area (TPSA) is 12.0 Å². The van der Waals surface area contributed by atoms with Gasteiger partial charge in [0.25, 0.3) is 0 Å². The van der Waals surface area contributed by atoms with Crippen molar-refractivity contribution < 1.29 is 0 Å². The minimum absolute atomic E-state index is 0.290. The average molecular weight is 432 g/mol. The molecule has 0 aliphatic heterocycles. The Balaban J connectivity index is 1.65. The van der Waals surface area contributed by atoms with Gasteiger partial charge in [0, 0.05) is 5.69 Å². The molecule has 1 N–H and O–H groups in total. The Morgan fingerprint density at radius 2 is 1.42 bits per heavy atom. The molecule has 1 unspecified atom stereocenters. The van der Waals surface area contributed by atoms with E-state index in [1.165, 1.54) is 44.5 Å². The fraction of sp³-hybridized carbons (Fsp3) is 0.188. The molecule has 0 amide bonds. The van der Waals surface area contributed by atoms with Gasteiger partial charge in [-0.05, 0) is 78.8 Å². The van der Waals surface area contributed by atoms with Gasteiger partial charge in [-0.15, -0.1) is 0 Å². The minimum Gasteiger partial charge on any atom is -0.378 e. The van der Waals surface area contributed by atoms with Gasteiger partial charge in [-0.2, -0.15) is 0 Å². The lowest BCUT2D eigenvalue weighted by Crippen LogP contribution is -2.09. The number of anilines is 1. The summed E-state index contributed by atoms with van der Waals surface area (Å²) in [5, 5.41) is 3.68. The summed E-state index contributed by atoms with van der Waals surface area (Å²) in [6, 6.07) is 35.3. The molecule has 0 saturated carbocycles. The van der Waals surface area contributed by atoms with Crippen molar-refractivity contribution >= 4 is 17.3 Å². The molecule has 0 aromatic heterocycles. The fourth-order valence-electron chi connectivity index (χ4n) is 4.31. The molecule has 0 bridgehead atoms. The smallest absolute Gasteiger partial charge is 0.0511 e. The Labute approximate surface area is 198 Å². The van der Waals surface area contributed by atoms with E-state index in [1.54, 1.807) is 0 Å². The first-order chi connectivity index (χ1) is 16.0. The van der Waals surface area contributed by atoms with Gasteiger partial charge in [0.15, 0.2) is 0 Å². The van der Waals surface area contributed by atoms with Crippen molar-refractivity contribution in [1.82, 2.24) is 0 Å². The van der Waals surface area contributed by atoms with Gasteiger partial charge in [-0.3, -0.25) is 0 Å². The van der Waals surface area contributed by atoms with Crippen LogP contribution in [0.3, 0.4) is 0 Å². The highest BCUT2D eigenvalue weighted by atomic mass is 14.9. The number of nitrogens with one attached hydrogen (secondary N) is 1. The van der Waals surface area contributed by atoms with E-state index < -0.39 is 0 Å². The van der Waals surface area contributed by atoms with Crippen LogP contribution in [0.2, 0.25) is 0 Å². The molecule has 1 atom stereocenters. The summed E-state index contributed by atoms with van der Waals surface area (Å²) in [5.74, 6) is 0. The fourth-order valence-corrected chi connectivity index (χ4v) is 4.31. The zero-order valence-corrected chi connectivity index (χ0v) is 20.1. The van der Waals surface area contributed by atoms with Crippen molar-refractivity contribution in [3.8, 4) is 0 Å². The van der Waals surface area contributed by atoms with Crippen LogP contribution in [0.1, 0.15) is 58.3 Å². The first kappa shape index (κ1) is 22.6. The largest absolute Gasteiger partial charge is 0.378 e. The van der Waals surface area contributed by atoms with E-state index in [0.717, 1.165) is 12.1 Å². The molecule has 166 valence electrons. The molecule has 0 heterocycles. The Bertz CT molecular complexity index is 1220. The molecule has 0 aliphatic rings. The summed E-state index contributed by atoms with van der Waals surface area (Å²) < 4.78 is 0. The van der Waals surface area contributed by atoms with Crippen LogP contribution in [0.4, 0.5) is 5.69 Å². The van der Waals surface area contributed by atoms with Crippen LogP contribution in [0.15, 0.2) is 97.1 Å². The third-order valence-corrected chi connectivity index (χ3v) is 6.21. The van der Waals surface area contributed by atoms with Gasteiger partial charge in [-0.25, -0.2) is 0 Å². The highest BCUT2D eigenvalue weighted by Crippen LogP contribution is 2.30. The average Bonchev–Trinajstić information content (AvgIpc) is 2.84. The highest BCUT2D eigenvalue weighted by molar-refractivity contribution is 5.92. The summed E-state index contributed by atoms with van der Waals surface area (Å²) in [5.41, 5.74) is 11.3. The molecule has 1 heteroatoms. The monoisotopic (exact) mass is 431 g/mol. The van der Waals surface area contributed by atoms with Crippen LogP contribution in [0, 0.1) is 20.8 Å². The predicted octanol–water partition coefficient (Wildman–Crippen LogP) is 8.76. The molecule has 4 rings (SSSR count). The van der Waals surface area contributed by atoms with Gasteiger partial charge in [0.2, 0.25) is 0 Å². The van der Waals surface area contributed by atoms with Crippen LogP contribution in [-0.2, 0) is 0 Å². The van der Waals surface area contributed by atoms with Crippen molar-refractivity contribution in [2.75, 3.05) is 5.32 Å². The number of benzene rings is 4. The van der Waals surface area contributed by atoms with E-state index in [2.05, 4.69) is 136 Å². The van der Waals surface area contributed by atoms with Crippen LogP contribution in [0.25, 0.3) is 11.6 Å². The summed E-state index contributed by atoms with van der Waals surface area (Å²) in [7, 11) is 0. The molecule has 4 aromatic rings. The van der Waals surface area contributed by atoms with Gasteiger partial charge in [-0.1, -0.05) is 103 Å². The first-order valence-electron chi connectivity index (χ1n) is 11.8. The molecule has 0 spiro atoms. The lowest BCUT2D eigenvalue weighted by molar-refractivity contribution is 0.749. The molecular formula is C32H33N. The van der Waals surface area contributed by atoms with Crippen molar-refractivity contribution in [2.24, 2.45) is 0 Å². The second-order valence-electron chi connectivity index (χ2n) is 8.88. The zero-order chi connectivity index (χ0) is 23.2. The Morgan fingerprint density at radius 1 is 0.758 bits per heavy atom. The van der Waals surface area contributed by atoms with E-state index in [0.29, 0.717) is 6.04 Å². The van der Waals surface area contributed by atoms with E-state index in [9.17, 15) is 0 Å². The second kappa shape index (κ2) is 10.4. The first-order valence-corrected chi connectivity index (χ1v) is 11.8. The van der Waals surface area contributed by atoms with E-state index in [4.69, 9.17) is 0 Å². The molecule has 0 saturated heterocycles. The second-order valence-corrected chi connectivity index (χ2v) is 8.88. The van der Waals surface area contributed by atoms with Crippen molar-refractivity contribution in [3.63, 3.8) is 0 Å². The number of aryl methyl sites for hydroxylation is 3. The van der Waals surface area contributed by atoms with Crippen LogP contribution in [-0.4, -0.2) is 0 Å². The van der Waals surface area contributed by atoms with Gasteiger partial charge >= 0.3 is 0 Å². The molecule has 0 aliphatic carbocycles. The lowest BCUT2D eigenvalue weighted by atomic mass is 9.91. The highest BCUT2D eigenvalue weighted by Gasteiger charge is 2.11. The molecule has 33 heavy (non-hydrogen) atoms.